The monoisotopic (exact) mass is 325 g/mol. The van der Waals surface area contributed by atoms with Crippen molar-refractivity contribution in [2.75, 3.05) is 20.2 Å². The van der Waals surface area contributed by atoms with Crippen molar-refractivity contribution < 1.29 is 9.53 Å². The molecule has 3 heteroatoms. The number of benzene rings is 2. The van der Waals surface area contributed by atoms with E-state index in [-0.39, 0.29) is 12.0 Å². The van der Waals surface area contributed by atoms with Gasteiger partial charge in [0.25, 0.3) is 0 Å². The smallest absolute Gasteiger partial charge is 0.225 e. The zero-order chi connectivity index (χ0) is 17.2. The van der Waals surface area contributed by atoms with Crippen LogP contribution in [0.4, 0.5) is 0 Å². The number of ether oxygens (including phenoxy) is 1. The number of hydrogen-bond donors (Lipinski definition) is 0. The molecule has 0 aromatic heterocycles. The normalized spacial score (nSPS) is 11.9. The predicted molar refractivity (Wildman–Crippen MR) is 98.0 cm³/mol. The predicted octanol–water partition coefficient (Wildman–Crippen LogP) is 3.73. The lowest BCUT2D eigenvalue weighted by Gasteiger charge is -2.24. The van der Waals surface area contributed by atoms with E-state index < -0.39 is 0 Å². The fraction of sp³-hybridized carbons (Fsp3) is 0.381. The maximum Gasteiger partial charge on any atom is 0.225 e. The molecule has 1 amide bonds. The van der Waals surface area contributed by atoms with Crippen LogP contribution in [0.2, 0.25) is 0 Å². The Bertz CT molecular complexity index is 554. The number of carbonyl (C=O) groups is 1. The molecule has 0 aliphatic carbocycles. The molecule has 128 valence electrons. The third kappa shape index (κ3) is 6.17. The summed E-state index contributed by atoms with van der Waals surface area (Å²) < 4.78 is 5.25. The minimum absolute atomic E-state index is 0.0477. The average molecular weight is 325 g/mol. The zero-order valence-corrected chi connectivity index (χ0v) is 14.7. The second-order valence-electron chi connectivity index (χ2n) is 6.10. The van der Waals surface area contributed by atoms with Gasteiger partial charge in [0.05, 0.1) is 12.5 Å². The molecule has 0 N–H and O–H groups in total. The first kappa shape index (κ1) is 18.2. The van der Waals surface area contributed by atoms with Gasteiger partial charge in [-0.1, -0.05) is 60.7 Å². The standard InChI is InChI=1S/C21H27NO2/c1-18(24-2)17-21(23)22(15-13-19-9-5-3-6-10-19)16-14-20-11-7-4-8-12-20/h3-12,18H,13-17H2,1-2H3. The maximum absolute atomic E-state index is 12.6. The fourth-order valence-corrected chi connectivity index (χ4v) is 2.64. The summed E-state index contributed by atoms with van der Waals surface area (Å²) in [5.74, 6) is 0.163. The molecule has 1 unspecified atom stereocenters. The molecule has 0 saturated carbocycles. The van der Waals surface area contributed by atoms with Crippen molar-refractivity contribution in [3.63, 3.8) is 0 Å². The van der Waals surface area contributed by atoms with Crippen molar-refractivity contribution >= 4 is 5.91 Å². The quantitative estimate of drug-likeness (QED) is 0.703. The van der Waals surface area contributed by atoms with E-state index >= 15 is 0 Å². The number of hydrogen-bond acceptors (Lipinski definition) is 2. The Morgan fingerprint density at radius 3 is 1.79 bits per heavy atom. The number of methoxy groups -OCH3 is 1. The van der Waals surface area contributed by atoms with Crippen LogP contribution in [0, 0.1) is 0 Å². The van der Waals surface area contributed by atoms with Gasteiger partial charge in [0.15, 0.2) is 0 Å². The van der Waals surface area contributed by atoms with Gasteiger partial charge in [-0.05, 0) is 30.9 Å². The van der Waals surface area contributed by atoms with Crippen molar-refractivity contribution in [3.8, 4) is 0 Å². The van der Waals surface area contributed by atoms with Gasteiger partial charge >= 0.3 is 0 Å². The van der Waals surface area contributed by atoms with Gasteiger partial charge in [0.2, 0.25) is 5.91 Å². The van der Waals surface area contributed by atoms with Gasteiger partial charge in [-0.25, -0.2) is 0 Å². The van der Waals surface area contributed by atoms with E-state index in [2.05, 4.69) is 24.3 Å². The minimum atomic E-state index is -0.0477. The molecule has 0 radical (unpaired) electrons. The summed E-state index contributed by atoms with van der Waals surface area (Å²) in [5, 5.41) is 0. The van der Waals surface area contributed by atoms with Crippen molar-refractivity contribution in [1.82, 2.24) is 4.90 Å². The van der Waals surface area contributed by atoms with Crippen molar-refractivity contribution in [2.24, 2.45) is 0 Å². The molecule has 24 heavy (non-hydrogen) atoms. The van der Waals surface area contributed by atoms with E-state index in [9.17, 15) is 4.79 Å². The largest absolute Gasteiger partial charge is 0.381 e. The van der Waals surface area contributed by atoms with E-state index in [0.717, 1.165) is 25.9 Å². The van der Waals surface area contributed by atoms with Crippen molar-refractivity contribution in [1.29, 1.82) is 0 Å². The van der Waals surface area contributed by atoms with E-state index in [1.54, 1.807) is 7.11 Å². The molecule has 0 spiro atoms. The van der Waals surface area contributed by atoms with Gasteiger partial charge < -0.3 is 9.64 Å². The van der Waals surface area contributed by atoms with Crippen LogP contribution in [0.15, 0.2) is 60.7 Å². The van der Waals surface area contributed by atoms with E-state index in [0.29, 0.717) is 6.42 Å². The molecule has 0 bridgehead atoms. The van der Waals surface area contributed by atoms with Gasteiger partial charge in [0.1, 0.15) is 0 Å². The summed E-state index contributed by atoms with van der Waals surface area (Å²) in [6, 6.07) is 20.6. The van der Waals surface area contributed by atoms with E-state index in [1.165, 1.54) is 11.1 Å². The Labute approximate surface area is 145 Å². The third-order valence-corrected chi connectivity index (χ3v) is 4.24. The molecule has 0 aliphatic heterocycles. The van der Waals surface area contributed by atoms with Gasteiger partial charge in [0, 0.05) is 20.2 Å². The Morgan fingerprint density at radius 2 is 1.38 bits per heavy atom. The topological polar surface area (TPSA) is 29.5 Å². The highest BCUT2D eigenvalue weighted by atomic mass is 16.5. The summed E-state index contributed by atoms with van der Waals surface area (Å²) in [5.41, 5.74) is 2.52. The first-order valence-corrected chi connectivity index (χ1v) is 8.57. The van der Waals surface area contributed by atoms with Gasteiger partial charge in [-0.3, -0.25) is 4.79 Å². The summed E-state index contributed by atoms with van der Waals surface area (Å²) in [6.45, 7) is 3.42. The molecule has 0 fully saturated rings. The second-order valence-corrected chi connectivity index (χ2v) is 6.10. The highest BCUT2D eigenvalue weighted by molar-refractivity contribution is 5.76. The highest BCUT2D eigenvalue weighted by Gasteiger charge is 2.16. The lowest BCUT2D eigenvalue weighted by Crippen LogP contribution is -2.36. The minimum Gasteiger partial charge on any atom is -0.381 e. The first-order chi connectivity index (χ1) is 11.7. The van der Waals surface area contributed by atoms with E-state index in [1.807, 2.05) is 48.2 Å². The highest BCUT2D eigenvalue weighted by Crippen LogP contribution is 2.08. The molecule has 1 atom stereocenters. The van der Waals surface area contributed by atoms with Crippen molar-refractivity contribution in [3.05, 3.63) is 71.8 Å². The van der Waals surface area contributed by atoms with Crippen LogP contribution in [0.3, 0.4) is 0 Å². The molecule has 2 aromatic carbocycles. The molecule has 3 nitrogen and oxygen atoms in total. The third-order valence-electron chi connectivity index (χ3n) is 4.24. The Balaban J connectivity index is 1.95. The van der Waals surface area contributed by atoms with Crippen LogP contribution in [-0.2, 0) is 22.4 Å². The molecular formula is C21H27NO2. The molecule has 2 rings (SSSR count). The number of nitrogens with zero attached hydrogens (tertiary/aromatic N) is 1. The fourth-order valence-electron chi connectivity index (χ4n) is 2.64. The number of carbonyl (C=O) groups excluding carboxylic acids is 1. The van der Waals surface area contributed by atoms with Crippen LogP contribution in [0.25, 0.3) is 0 Å². The van der Waals surface area contributed by atoms with Crippen LogP contribution in [0.5, 0.6) is 0 Å². The molecule has 0 aliphatic rings. The number of rotatable bonds is 9. The Hall–Kier alpha value is -2.13. The first-order valence-electron chi connectivity index (χ1n) is 8.57. The maximum atomic E-state index is 12.6. The lowest BCUT2D eigenvalue weighted by atomic mass is 10.1. The summed E-state index contributed by atoms with van der Waals surface area (Å²) in [4.78, 5) is 14.6. The summed E-state index contributed by atoms with van der Waals surface area (Å²) in [7, 11) is 1.65. The second kappa shape index (κ2) is 9.89. The van der Waals surface area contributed by atoms with E-state index in [4.69, 9.17) is 4.74 Å². The average Bonchev–Trinajstić information content (AvgIpc) is 2.63. The zero-order valence-electron chi connectivity index (χ0n) is 14.7. The Morgan fingerprint density at radius 1 is 0.917 bits per heavy atom. The van der Waals surface area contributed by atoms with Crippen LogP contribution in [-0.4, -0.2) is 37.1 Å². The van der Waals surface area contributed by atoms with Gasteiger partial charge in [-0.15, -0.1) is 0 Å². The van der Waals surface area contributed by atoms with Crippen LogP contribution >= 0.6 is 0 Å². The Kier molecular flexibility index (Phi) is 7.50. The molecule has 0 saturated heterocycles. The lowest BCUT2D eigenvalue weighted by molar-refractivity contribution is -0.133. The SMILES string of the molecule is COC(C)CC(=O)N(CCc1ccccc1)CCc1ccccc1. The van der Waals surface area contributed by atoms with Crippen LogP contribution < -0.4 is 0 Å². The number of amides is 1. The summed E-state index contributed by atoms with van der Waals surface area (Å²) >= 11 is 0. The molecule has 2 aromatic rings. The summed E-state index contributed by atoms with van der Waals surface area (Å²) in [6.07, 6.45) is 2.14. The molecule has 0 heterocycles. The van der Waals surface area contributed by atoms with Gasteiger partial charge in [-0.2, -0.15) is 0 Å². The molecular weight excluding hydrogens is 298 g/mol. The van der Waals surface area contributed by atoms with Crippen molar-refractivity contribution in [2.45, 2.75) is 32.3 Å². The van der Waals surface area contributed by atoms with Crippen LogP contribution in [0.1, 0.15) is 24.5 Å².